The first-order chi connectivity index (χ1) is 8.22. The Morgan fingerprint density at radius 3 is 2.41 bits per heavy atom. The molecule has 0 fully saturated rings. The van der Waals surface area contributed by atoms with Gasteiger partial charge < -0.3 is 4.74 Å². The molecular weight excluding hydrogens is 208 g/mol. The van der Waals surface area contributed by atoms with E-state index in [0.29, 0.717) is 12.0 Å². The highest BCUT2D eigenvalue weighted by Crippen LogP contribution is 2.16. The Labute approximate surface area is 106 Å². The molecule has 0 unspecified atom stereocenters. The third-order valence-electron chi connectivity index (χ3n) is 2.94. The summed E-state index contributed by atoms with van der Waals surface area (Å²) in [6, 6.07) is 10.5. The molecule has 1 nitrogen and oxygen atoms in total. The summed E-state index contributed by atoms with van der Waals surface area (Å²) in [5, 5.41) is 0. The Morgan fingerprint density at radius 2 is 1.82 bits per heavy atom. The molecule has 0 saturated carbocycles. The van der Waals surface area contributed by atoms with Gasteiger partial charge in [0.1, 0.15) is 0 Å². The number of ether oxygens (including phenoxy) is 1. The number of benzene rings is 1. The van der Waals surface area contributed by atoms with Crippen LogP contribution in [0.3, 0.4) is 0 Å². The molecule has 17 heavy (non-hydrogen) atoms. The predicted molar refractivity (Wildman–Crippen MR) is 74.0 cm³/mol. The summed E-state index contributed by atoms with van der Waals surface area (Å²) in [4.78, 5) is 0. The van der Waals surface area contributed by atoms with E-state index in [4.69, 9.17) is 4.74 Å². The summed E-state index contributed by atoms with van der Waals surface area (Å²) in [7, 11) is 0. The van der Waals surface area contributed by atoms with Gasteiger partial charge in [-0.2, -0.15) is 0 Å². The molecule has 1 aromatic carbocycles. The van der Waals surface area contributed by atoms with Crippen molar-refractivity contribution in [2.75, 3.05) is 0 Å². The molecule has 1 aromatic rings. The van der Waals surface area contributed by atoms with Gasteiger partial charge in [-0.1, -0.05) is 63.9 Å². The van der Waals surface area contributed by atoms with Gasteiger partial charge in [-0.15, -0.1) is 0 Å². The predicted octanol–water partition coefficient (Wildman–Crippen LogP) is 4.81. The average Bonchev–Trinajstić information content (AvgIpc) is 2.33. The van der Waals surface area contributed by atoms with E-state index in [9.17, 15) is 0 Å². The van der Waals surface area contributed by atoms with Crippen molar-refractivity contribution in [3.05, 3.63) is 35.9 Å². The fourth-order valence-electron chi connectivity index (χ4n) is 2.02. The molecule has 0 heterocycles. The zero-order valence-electron chi connectivity index (χ0n) is 11.5. The van der Waals surface area contributed by atoms with E-state index in [-0.39, 0.29) is 0 Å². The Kier molecular flexibility index (Phi) is 6.95. The third kappa shape index (κ3) is 6.48. The van der Waals surface area contributed by atoms with Crippen molar-refractivity contribution in [2.24, 2.45) is 5.92 Å². The molecule has 0 aromatic heterocycles. The maximum absolute atomic E-state index is 6.04. The molecule has 1 heteroatoms. The van der Waals surface area contributed by atoms with E-state index in [1.54, 1.807) is 0 Å². The van der Waals surface area contributed by atoms with Crippen molar-refractivity contribution in [2.45, 2.75) is 59.2 Å². The number of rotatable bonds is 8. The summed E-state index contributed by atoms with van der Waals surface area (Å²) < 4.78 is 6.04. The third-order valence-corrected chi connectivity index (χ3v) is 2.94. The van der Waals surface area contributed by atoms with Crippen molar-refractivity contribution in [1.82, 2.24) is 0 Å². The molecule has 96 valence electrons. The Bertz CT molecular complexity index is 279. The maximum Gasteiger partial charge on any atom is 0.0720 e. The maximum atomic E-state index is 6.04. The minimum atomic E-state index is 0.426. The highest BCUT2D eigenvalue weighted by atomic mass is 16.5. The molecule has 0 aliphatic carbocycles. The monoisotopic (exact) mass is 234 g/mol. The normalized spacial score (nSPS) is 12.9. The lowest BCUT2D eigenvalue weighted by molar-refractivity contribution is 0.0204. The molecule has 0 amide bonds. The molecule has 1 atom stereocenters. The van der Waals surface area contributed by atoms with Gasteiger partial charge in [0.25, 0.3) is 0 Å². The van der Waals surface area contributed by atoms with Crippen LogP contribution in [0.2, 0.25) is 0 Å². The molecule has 0 radical (unpaired) electrons. The highest BCUT2D eigenvalue weighted by molar-refractivity contribution is 5.13. The molecule has 1 rings (SSSR count). The van der Waals surface area contributed by atoms with E-state index < -0.39 is 0 Å². The Morgan fingerprint density at radius 1 is 1.12 bits per heavy atom. The number of hydrogen-bond donors (Lipinski definition) is 0. The van der Waals surface area contributed by atoms with Crippen molar-refractivity contribution < 1.29 is 4.74 Å². The number of hydrogen-bond acceptors (Lipinski definition) is 1. The van der Waals surface area contributed by atoms with Crippen molar-refractivity contribution in [3.8, 4) is 0 Å². The van der Waals surface area contributed by atoms with Crippen molar-refractivity contribution in [3.63, 3.8) is 0 Å². The van der Waals surface area contributed by atoms with Gasteiger partial charge in [-0.3, -0.25) is 0 Å². The van der Waals surface area contributed by atoms with Crippen molar-refractivity contribution in [1.29, 1.82) is 0 Å². The van der Waals surface area contributed by atoms with E-state index in [1.807, 2.05) is 6.07 Å². The smallest absolute Gasteiger partial charge is 0.0720 e. The summed E-state index contributed by atoms with van der Waals surface area (Å²) in [6.45, 7) is 7.53. The van der Waals surface area contributed by atoms with E-state index in [2.05, 4.69) is 45.0 Å². The minimum absolute atomic E-state index is 0.426. The number of unbranched alkanes of at least 4 members (excludes halogenated alkanes) is 1. The largest absolute Gasteiger partial charge is 0.374 e. The Hall–Kier alpha value is -0.820. The molecule has 0 aliphatic rings. The van der Waals surface area contributed by atoms with Gasteiger partial charge in [0, 0.05) is 0 Å². The second-order valence-corrected chi connectivity index (χ2v) is 5.19. The van der Waals surface area contributed by atoms with E-state index in [0.717, 1.165) is 6.61 Å². The first-order valence-electron chi connectivity index (χ1n) is 6.88. The SMILES string of the molecule is CCCC[C@H](CC(C)C)OCc1ccccc1. The first kappa shape index (κ1) is 14.2. The second-order valence-electron chi connectivity index (χ2n) is 5.19. The molecule has 0 spiro atoms. The van der Waals surface area contributed by atoms with Crippen LogP contribution in [-0.2, 0) is 11.3 Å². The minimum Gasteiger partial charge on any atom is -0.374 e. The summed E-state index contributed by atoms with van der Waals surface area (Å²) in [5.41, 5.74) is 1.28. The fourth-order valence-corrected chi connectivity index (χ4v) is 2.02. The van der Waals surface area contributed by atoms with Gasteiger partial charge in [0.05, 0.1) is 12.7 Å². The van der Waals surface area contributed by atoms with Crippen LogP contribution in [0.25, 0.3) is 0 Å². The topological polar surface area (TPSA) is 9.23 Å². The van der Waals surface area contributed by atoms with Crippen LogP contribution >= 0.6 is 0 Å². The quantitative estimate of drug-likeness (QED) is 0.627. The average molecular weight is 234 g/mol. The lowest BCUT2D eigenvalue weighted by Gasteiger charge is -2.19. The van der Waals surface area contributed by atoms with Crippen LogP contribution in [0.4, 0.5) is 0 Å². The fraction of sp³-hybridized carbons (Fsp3) is 0.625. The first-order valence-corrected chi connectivity index (χ1v) is 6.88. The molecule has 0 bridgehead atoms. The standard InChI is InChI=1S/C16H26O/c1-4-5-11-16(12-14(2)3)17-13-15-9-7-6-8-10-15/h6-10,14,16H,4-5,11-13H2,1-3H3/t16-/m1/s1. The van der Waals surface area contributed by atoms with Crippen molar-refractivity contribution >= 4 is 0 Å². The van der Waals surface area contributed by atoms with E-state index >= 15 is 0 Å². The van der Waals surface area contributed by atoms with Crippen LogP contribution in [-0.4, -0.2) is 6.10 Å². The van der Waals surface area contributed by atoms with Crippen LogP contribution in [0.1, 0.15) is 52.0 Å². The lowest BCUT2D eigenvalue weighted by atomic mass is 10.0. The van der Waals surface area contributed by atoms with Gasteiger partial charge in [-0.25, -0.2) is 0 Å². The highest BCUT2D eigenvalue weighted by Gasteiger charge is 2.10. The second kappa shape index (κ2) is 8.30. The zero-order chi connectivity index (χ0) is 12.5. The van der Waals surface area contributed by atoms with Gasteiger partial charge in [0.15, 0.2) is 0 Å². The van der Waals surface area contributed by atoms with Crippen LogP contribution < -0.4 is 0 Å². The van der Waals surface area contributed by atoms with Crippen LogP contribution in [0.15, 0.2) is 30.3 Å². The molecular formula is C16H26O. The van der Waals surface area contributed by atoms with Crippen LogP contribution in [0.5, 0.6) is 0 Å². The molecule has 0 N–H and O–H groups in total. The van der Waals surface area contributed by atoms with Crippen LogP contribution in [0, 0.1) is 5.92 Å². The van der Waals surface area contributed by atoms with Gasteiger partial charge in [0.2, 0.25) is 0 Å². The summed E-state index contributed by atoms with van der Waals surface area (Å²) in [5.74, 6) is 0.715. The van der Waals surface area contributed by atoms with E-state index in [1.165, 1.54) is 31.2 Å². The molecule has 0 saturated heterocycles. The zero-order valence-corrected chi connectivity index (χ0v) is 11.5. The summed E-state index contributed by atoms with van der Waals surface area (Å²) in [6.07, 6.45) is 5.32. The van der Waals surface area contributed by atoms with Gasteiger partial charge >= 0.3 is 0 Å². The molecule has 0 aliphatic heterocycles. The summed E-state index contributed by atoms with van der Waals surface area (Å²) >= 11 is 0. The van der Waals surface area contributed by atoms with Gasteiger partial charge in [-0.05, 0) is 24.3 Å². The Balaban J connectivity index is 2.37. The lowest BCUT2D eigenvalue weighted by Crippen LogP contribution is -2.15.